The van der Waals surface area contributed by atoms with Crippen molar-refractivity contribution in [2.75, 3.05) is 13.2 Å². The van der Waals surface area contributed by atoms with Gasteiger partial charge in [-0.2, -0.15) is 0 Å². The number of carbonyl (C=O) groups is 3. The van der Waals surface area contributed by atoms with Gasteiger partial charge in [0, 0.05) is 0 Å². The molecule has 0 aliphatic carbocycles. The van der Waals surface area contributed by atoms with Crippen molar-refractivity contribution in [3.8, 4) is 0 Å². The number of ether oxygens (including phenoxy) is 2. The lowest BCUT2D eigenvalue weighted by Gasteiger charge is -2.20. The van der Waals surface area contributed by atoms with E-state index in [0.29, 0.717) is 0 Å². The van der Waals surface area contributed by atoms with Gasteiger partial charge in [-0.3, -0.25) is 14.4 Å². The van der Waals surface area contributed by atoms with E-state index in [1.54, 1.807) is 13.8 Å². The third-order valence-corrected chi connectivity index (χ3v) is 2.39. The standard InChI is InChI=1S/C13H20O5/c1-5-8-10(12(15)17-6-2)11(9(4)14)13(16)18-7-3/h5,10-11H,1,6-8H2,2-4H3. The Morgan fingerprint density at radius 3 is 2.00 bits per heavy atom. The Hall–Kier alpha value is -1.65. The molecule has 0 aromatic carbocycles. The second kappa shape index (κ2) is 8.44. The maximum Gasteiger partial charge on any atom is 0.317 e. The number of Topliss-reactive ketones (excluding diaryl/α,β-unsaturated/α-hetero) is 1. The van der Waals surface area contributed by atoms with Crippen LogP contribution >= 0.6 is 0 Å². The zero-order chi connectivity index (χ0) is 14.1. The first-order valence-electron chi connectivity index (χ1n) is 5.94. The highest BCUT2D eigenvalue weighted by Gasteiger charge is 2.38. The summed E-state index contributed by atoms with van der Waals surface area (Å²) < 4.78 is 9.69. The molecule has 0 spiro atoms. The highest BCUT2D eigenvalue weighted by molar-refractivity contribution is 6.01. The molecule has 0 radical (unpaired) electrons. The summed E-state index contributed by atoms with van der Waals surface area (Å²) in [7, 11) is 0. The summed E-state index contributed by atoms with van der Waals surface area (Å²) in [4.78, 5) is 35.0. The number of esters is 2. The van der Waals surface area contributed by atoms with Gasteiger partial charge >= 0.3 is 11.9 Å². The molecule has 0 heterocycles. The quantitative estimate of drug-likeness (QED) is 0.374. The molecule has 2 atom stereocenters. The Labute approximate surface area is 107 Å². The van der Waals surface area contributed by atoms with Gasteiger partial charge in [-0.25, -0.2) is 0 Å². The summed E-state index contributed by atoms with van der Waals surface area (Å²) >= 11 is 0. The molecule has 102 valence electrons. The maximum atomic E-state index is 11.8. The smallest absolute Gasteiger partial charge is 0.317 e. The number of carbonyl (C=O) groups excluding carboxylic acids is 3. The zero-order valence-electron chi connectivity index (χ0n) is 11.1. The molecule has 0 saturated carbocycles. The molecule has 0 amide bonds. The highest BCUT2D eigenvalue weighted by Crippen LogP contribution is 2.21. The molecule has 0 saturated heterocycles. The summed E-state index contributed by atoms with van der Waals surface area (Å²) in [5, 5.41) is 0. The zero-order valence-corrected chi connectivity index (χ0v) is 11.1. The van der Waals surface area contributed by atoms with Crippen LogP contribution in [0.2, 0.25) is 0 Å². The molecule has 0 N–H and O–H groups in total. The number of allylic oxidation sites excluding steroid dienone is 1. The molecule has 18 heavy (non-hydrogen) atoms. The lowest BCUT2D eigenvalue weighted by molar-refractivity contribution is -0.162. The monoisotopic (exact) mass is 256 g/mol. The normalized spacial score (nSPS) is 13.3. The van der Waals surface area contributed by atoms with E-state index < -0.39 is 29.6 Å². The van der Waals surface area contributed by atoms with E-state index in [1.165, 1.54) is 13.0 Å². The Balaban J connectivity index is 5.09. The van der Waals surface area contributed by atoms with E-state index in [-0.39, 0.29) is 19.6 Å². The van der Waals surface area contributed by atoms with Gasteiger partial charge in [0.25, 0.3) is 0 Å². The number of ketones is 1. The van der Waals surface area contributed by atoms with Crippen LogP contribution in [0.1, 0.15) is 27.2 Å². The average molecular weight is 256 g/mol. The van der Waals surface area contributed by atoms with Crippen LogP contribution in [0.25, 0.3) is 0 Å². The minimum Gasteiger partial charge on any atom is -0.466 e. The summed E-state index contributed by atoms with van der Waals surface area (Å²) in [6.45, 7) is 8.44. The molecule has 5 heteroatoms. The molecule has 0 aliphatic rings. The van der Waals surface area contributed by atoms with Crippen molar-refractivity contribution in [3.05, 3.63) is 12.7 Å². The van der Waals surface area contributed by atoms with Gasteiger partial charge in [0.05, 0.1) is 19.1 Å². The first kappa shape index (κ1) is 16.4. The lowest BCUT2D eigenvalue weighted by Crippen LogP contribution is -2.36. The Morgan fingerprint density at radius 2 is 1.61 bits per heavy atom. The van der Waals surface area contributed by atoms with Crippen molar-refractivity contribution >= 4 is 17.7 Å². The Morgan fingerprint density at radius 1 is 1.11 bits per heavy atom. The van der Waals surface area contributed by atoms with Gasteiger partial charge in [0.1, 0.15) is 11.7 Å². The molecular weight excluding hydrogens is 236 g/mol. The van der Waals surface area contributed by atoms with Gasteiger partial charge in [0.15, 0.2) is 0 Å². The van der Waals surface area contributed by atoms with E-state index in [1.807, 2.05) is 0 Å². The van der Waals surface area contributed by atoms with Gasteiger partial charge in [-0.15, -0.1) is 6.58 Å². The van der Waals surface area contributed by atoms with Crippen LogP contribution in [0, 0.1) is 11.8 Å². The molecule has 0 aromatic rings. The molecule has 0 aliphatic heterocycles. The van der Waals surface area contributed by atoms with Crippen molar-refractivity contribution in [2.45, 2.75) is 27.2 Å². The van der Waals surface area contributed by atoms with Crippen LogP contribution in [0.3, 0.4) is 0 Å². The minimum absolute atomic E-state index is 0.159. The summed E-state index contributed by atoms with van der Waals surface area (Å²) in [5.41, 5.74) is 0. The molecule has 5 nitrogen and oxygen atoms in total. The van der Waals surface area contributed by atoms with E-state index >= 15 is 0 Å². The molecule has 0 rings (SSSR count). The van der Waals surface area contributed by atoms with E-state index in [0.717, 1.165) is 0 Å². The highest BCUT2D eigenvalue weighted by atomic mass is 16.5. The first-order chi connectivity index (χ1) is 8.49. The summed E-state index contributed by atoms with van der Waals surface area (Å²) in [6.07, 6.45) is 1.68. The molecular formula is C13H20O5. The van der Waals surface area contributed by atoms with Gasteiger partial charge < -0.3 is 9.47 Å². The van der Waals surface area contributed by atoms with Crippen LogP contribution in [-0.2, 0) is 23.9 Å². The van der Waals surface area contributed by atoms with Gasteiger partial charge in [0.2, 0.25) is 0 Å². The first-order valence-corrected chi connectivity index (χ1v) is 5.94. The fraction of sp³-hybridized carbons (Fsp3) is 0.615. The predicted molar refractivity (Wildman–Crippen MR) is 65.7 cm³/mol. The predicted octanol–water partition coefficient (Wildman–Crippen LogP) is 1.51. The summed E-state index contributed by atoms with van der Waals surface area (Å²) in [6, 6.07) is 0. The lowest BCUT2D eigenvalue weighted by atomic mass is 9.86. The van der Waals surface area contributed by atoms with Crippen molar-refractivity contribution < 1.29 is 23.9 Å². The second-order valence-corrected chi connectivity index (χ2v) is 3.72. The van der Waals surface area contributed by atoms with Crippen molar-refractivity contribution in [1.29, 1.82) is 0 Å². The maximum absolute atomic E-state index is 11.8. The molecule has 2 unspecified atom stereocenters. The molecule has 0 bridgehead atoms. The summed E-state index contributed by atoms with van der Waals surface area (Å²) in [5.74, 6) is -3.66. The third kappa shape index (κ3) is 4.69. The number of rotatable bonds is 8. The third-order valence-electron chi connectivity index (χ3n) is 2.39. The number of hydrogen-bond acceptors (Lipinski definition) is 5. The van der Waals surface area contributed by atoms with Gasteiger partial charge in [-0.1, -0.05) is 6.08 Å². The average Bonchev–Trinajstić information content (AvgIpc) is 2.28. The van der Waals surface area contributed by atoms with Crippen molar-refractivity contribution in [1.82, 2.24) is 0 Å². The van der Waals surface area contributed by atoms with Crippen LogP contribution in [0.4, 0.5) is 0 Å². The van der Waals surface area contributed by atoms with Crippen LogP contribution in [0.5, 0.6) is 0 Å². The van der Waals surface area contributed by atoms with Crippen LogP contribution in [-0.4, -0.2) is 30.9 Å². The molecule has 0 fully saturated rings. The van der Waals surface area contributed by atoms with Crippen LogP contribution in [0.15, 0.2) is 12.7 Å². The topological polar surface area (TPSA) is 69.7 Å². The van der Waals surface area contributed by atoms with E-state index in [9.17, 15) is 14.4 Å². The number of hydrogen-bond donors (Lipinski definition) is 0. The fourth-order valence-corrected chi connectivity index (χ4v) is 1.64. The largest absolute Gasteiger partial charge is 0.466 e. The Bertz CT molecular complexity index is 321. The second-order valence-electron chi connectivity index (χ2n) is 3.72. The minimum atomic E-state index is -1.12. The van der Waals surface area contributed by atoms with E-state index in [4.69, 9.17) is 9.47 Å². The Kier molecular flexibility index (Phi) is 7.67. The fourth-order valence-electron chi connectivity index (χ4n) is 1.64. The molecule has 0 aromatic heterocycles. The SMILES string of the molecule is C=CCC(C(=O)OCC)C(C(C)=O)C(=O)OCC. The van der Waals surface area contributed by atoms with Crippen LogP contribution < -0.4 is 0 Å². The van der Waals surface area contributed by atoms with Crippen molar-refractivity contribution in [3.63, 3.8) is 0 Å². The van der Waals surface area contributed by atoms with Gasteiger partial charge in [-0.05, 0) is 27.2 Å². The van der Waals surface area contributed by atoms with Crippen molar-refractivity contribution in [2.24, 2.45) is 11.8 Å². The van der Waals surface area contributed by atoms with E-state index in [2.05, 4.69) is 6.58 Å².